The predicted molar refractivity (Wildman–Crippen MR) is 84.8 cm³/mol. The van der Waals surface area contributed by atoms with Crippen molar-refractivity contribution < 1.29 is 4.74 Å². The third-order valence-corrected chi connectivity index (χ3v) is 3.46. The van der Waals surface area contributed by atoms with Crippen molar-refractivity contribution in [3.05, 3.63) is 58.1 Å². The van der Waals surface area contributed by atoms with Crippen LogP contribution >= 0.6 is 23.2 Å². The molecule has 3 nitrogen and oxygen atoms in total. The number of para-hydroxylation sites is 2. The fourth-order valence-corrected chi connectivity index (χ4v) is 2.06. The molecule has 0 bridgehead atoms. The number of ether oxygens (including phenoxy) is 1. The summed E-state index contributed by atoms with van der Waals surface area (Å²) in [6.07, 6.45) is 0. The van der Waals surface area contributed by atoms with Crippen LogP contribution in [0.25, 0.3) is 0 Å². The molecule has 0 aliphatic carbocycles. The lowest BCUT2D eigenvalue weighted by Crippen LogP contribution is -2.13. The number of benzene rings is 2. The standard InChI is InChI=1S/C15H16Cl2N2O/c16-12-6-5-11(9-13(12)17)10-20-15-4-2-1-3-14(15)19-8-7-18/h1-6,9,19H,7-8,10,18H2. The van der Waals surface area contributed by atoms with E-state index < -0.39 is 0 Å². The largest absolute Gasteiger partial charge is 0.487 e. The molecule has 0 fully saturated rings. The van der Waals surface area contributed by atoms with Crippen molar-refractivity contribution >= 4 is 28.9 Å². The summed E-state index contributed by atoms with van der Waals surface area (Å²) in [4.78, 5) is 0. The average Bonchev–Trinajstić information content (AvgIpc) is 2.47. The summed E-state index contributed by atoms with van der Waals surface area (Å²) in [7, 11) is 0. The molecule has 0 saturated carbocycles. The number of halogens is 2. The van der Waals surface area contributed by atoms with E-state index in [1.165, 1.54) is 0 Å². The Morgan fingerprint density at radius 1 is 1.05 bits per heavy atom. The molecule has 106 valence electrons. The lowest BCUT2D eigenvalue weighted by Gasteiger charge is -2.13. The van der Waals surface area contributed by atoms with Gasteiger partial charge in [-0.25, -0.2) is 0 Å². The van der Waals surface area contributed by atoms with Crippen molar-refractivity contribution in [3.63, 3.8) is 0 Å². The Morgan fingerprint density at radius 3 is 2.60 bits per heavy atom. The maximum Gasteiger partial charge on any atom is 0.142 e. The number of hydrogen-bond donors (Lipinski definition) is 2. The van der Waals surface area contributed by atoms with Gasteiger partial charge < -0.3 is 15.8 Å². The topological polar surface area (TPSA) is 47.3 Å². The van der Waals surface area contributed by atoms with Gasteiger partial charge in [-0.05, 0) is 29.8 Å². The van der Waals surface area contributed by atoms with Crippen LogP contribution in [0.15, 0.2) is 42.5 Å². The zero-order valence-corrected chi connectivity index (χ0v) is 12.4. The zero-order chi connectivity index (χ0) is 14.4. The highest BCUT2D eigenvalue weighted by molar-refractivity contribution is 6.42. The SMILES string of the molecule is NCCNc1ccccc1OCc1ccc(Cl)c(Cl)c1. The molecule has 3 N–H and O–H groups in total. The van der Waals surface area contributed by atoms with Crippen molar-refractivity contribution in [2.75, 3.05) is 18.4 Å². The van der Waals surface area contributed by atoms with E-state index >= 15 is 0 Å². The van der Waals surface area contributed by atoms with E-state index in [1.54, 1.807) is 12.1 Å². The van der Waals surface area contributed by atoms with E-state index in [-0.39, 0.29) is 0 Å². The highest BCUT2D eigenvalue weighted by Gasteiger charge is 2.04. The first-order valence-electron chi connectivity index (χ1n) is 6.30. The van der Waals surface area contributed by atoms with E-state index in [4.69, 9.17) is 33.7 Å². The fourth-order valence-electron chi connectivity index (χ4n) is 1.74. The molecule has 0 aliphatic rings. The summed E-state index contributed by atoms with van der Waals surface area (Å²) >= 11 is 11.9. The summed E-state index contributed by atoms with van der Waals surface area (Å²) in [5.74, 6) is 0.784. The van der Waals surface area contributed by atoms with Gasteiger partial charge in [0.25, 0.3) is 0 Å². The van der Waals surface area contributed by atoms with Gasteiger partial charge in [0.1, 0.15) is 12.4 Å². The highest BCUT2D eigenvalue weighted by Crippen LogP contribution is 2.26. The Kier molecular flexibility index (Phi) is 5.53. The second kappa shape index (κ2) is 7.39. The van der Waals surface area contributed by atoms with Crippen molar-refractivity contribution in [3.8, 4) is 5.75 Å². The monoisotopic (exact) mass is 310 g/mol. The molecule has 0 aliphatic heterocycles. The van der Waals surface area contributed by atoms with Crippen molar-refractivity contribution in [1.82, 2.24) is 0 Å². The predicted octanol–water partition coefficient (Wildman–Crippen LogP) is 3.94. The van der Waals surface area contributed by atoms with Gasteiger partial charge in [-0.3, -0.25) is 0 Å². The smallest absolute Gasteiger partial charge is 0.142 e. The minimum absolute atomic E-state index is 0.429. The van der Waals surface area contributed by atoms with E-state index in [0.29, 0.717) is 29.7 Å². The Labute approximate surface area is 128 Å². The van der Waals surface area contributed by atoms with Gasteiger partial charge in [0, 0.05) is 13.1 Å². The number of rotatable bonds is 6. The van der Waals surface area contributed by atoms with E-state index in [9.17, 15) is 0 Å². The fraction of sp³-hybridized carbons (Fsp3) is 0.200. The summed E-state index contributed by atoms with van der Waals surface area (Å²) in [6, 6.07) is 13.2. The van der Waals surface area contributed by atoms with Crippen LogP contribution in [0, 0.1) is 0 Å². The molecule has 2 aromatic rings. The van der Waals surface area contributed by atoms with Crippen LogP contribution < -0.4 is 15.8 Å². The summed E-state index contributed by atoms with van der Waals surface area (Å²) < 4.78 is 5.81. The molecule has 2 rings (SSSR count). The summed E-state index contributed by atoms with van der Waals surface area (Å²) in [5, 5.41) is 4.29. The molecule has 0 atom stereocenters. The van der Waals surface area contributed by atoms with Gasteiger partial charge in [-0.2, -0.15) is 0 Å². The first-order valence-corrected chi connectivity index (χ1v) is 7.06. The van der Waals surface area contributed by atoms with Crippen LogP contribution in [0.1, 0.15) is 5.56 Å². The molecular weight excluding hydrogens is 295 g/mol. The number of nitrogens with one attached hydrogen (secondary N) is 1. The molecule has 0 heterocycles. The highest BCUT2D eigenvalue weighted by atomic mass is 35.5. The lowest BCUT2D eigenvalue weighted by molar-refractivity contribution is 0.307. The van der Waals surface area contributed by atoms with Crippen molar-refractivity contribution in [2.45, 2.75) is 6.61 Å². The van der Waals surface area contributed by atoms with Gasteiger partial charge in [0.2, 0.25) is 0 Å². The van der Waals surface area contributed by atoms with Gasteiger partial charge in [0.05, 0.1) is 15.7 Å². The third-order valence-electron chi connectivity index (χ3n) is 2.73. The molecule has 0 unspecified atom stereocenters. The van der Waals surface area contributed by atoms with Crippen molar-refractivity contribution in [1.29, 1.82) is 0 Å². The second-order valence-corrected chi connectivity index (χ2v) is 5.06. The van der Waals surface area contributed by atoms with Crippen LogP contribution in [-0.4, -0.2) is 13.1 Å². The number of nitrogens with two attached hydrogens (primary N) is 1. The van der Waals surface area contributed by atoms with Gasteiger partial charge in [-0.15, -0.1) is 0 Å². The van der Waals surface area contributed by atoms with Crippen LogP contribution in [0.3, 0.4) is 0 Å². The molecule has 0 aromatic heterocycles. The summed E-state index contributed by atoms with van der Waals surface area (Å²) in [5.41, 5.74) is 7.39. The van der Waals surface area contributed by atoms with Gasteiger partial charge in [-0.1, -0.05) is 41.4 Å². The van der Waals surface area contributed by atoms with Crippen LogP contribution in [0.5, 0.6) is 5.75 Å². The van der Waals surface area contributed by atoms with Crippen molar-refractivity contribution in [2.24, 2.45) is 5.73 Å². The molecular formula is C15H16Cl2N2O. The molecule has 5 heteroatoms. The van der Waals surface area contributed by atoms with Crippen LogP contribution in [0.4, 0.5) is 5.69 Å². The Hall–Kier alpha value is -1.42. The van der Waals surface area contributed by atoms with E-state index in [2.05, 4.69) is 5.32 Å². The molecule has 0 amide bonds. The molecule has 2 aromatic carbocycles. The normalized spacial score (nSPS) is 10.3. The zero-order valence-electron chi connectivity index (χ0n) is 10.9. The summed E-state index contributed by atoms with van der Waals surface area (Å²) in [6.45, 7) is 1.70. The van der Waals surface area contributed by atoms with E-state index in [1.807, 2.05) is 30.3 Å². The minimum Gasteiger partial charge on any atom is -0.487 e. The van der Waals surface area contributed by atoms with Gasteiger partial charge in [0.15, 0.2) is 0 Å². The molecule has 0 saturated heterocycles. The lowest BCUT2D eigenvalue weighted by atomic mass is 10.2. The Morgan fingerprint density at radius 2 is 1.85 bits per heavy atom. The maximum atomic E-state index is 5.98. The molecule has 20 heavy (non-hydrogen) atoms. The average molecular weight is 311 g/mol. The number of anilines is 1. The molecule has 0 radical (unpaired) electrons. The van der Waals surface area contributed by atoms with Crippen LogP contribution in [-0.2, 0) is 6.61 Å². The van der Waals surface area contributed by atoms with E-state index in [0.717, 1.165) is 17.0 Å². The Balaban J connectivity index is 2.04. The Bertz CT molecular complexity index is 576. The minimum atomic E-state index is 0.429. The van der Waals surface area contributed by atoms with Crippen LogP contribution in [0.2, 0.25) is 10.0 Å². The third kappa shape index (κ3) is 4.04. The molecule has 0 spiro atoms. The van der Waals surface area contributed by atoms with Gasteiger partial charge >= 0.3 is 0 Å². The first-order chi connectivity index (χ1) is 9.70. The maximum absolute atomic E-state index is 5.98. The quantitative estimate of drug-likeness (QED) is 0.849. The first kappa shape index (κ1) is 15.0. The second-order valence-electron chi connectivity index (χ2n) is 4.25. The number of hydrogen-bond acceptors (Lipinski definition) is 3.